The van der Waals surface area contributed by atoms with Crippen LogP contribution in [0.15, 0.2) is 186 Å². The summed E-state index contributed by atoms with van der Waals surface area (Å²) in [6.07, 6.45) is 0. The third-order valence-corrected chi connectivity index (χ3v) is 11.1. The van der Waals surface area contributed by atoms with Gasteiger partial charge in [0.2, 0.25) is 0 Å². The van der Waals surface area contributed by atoms with E-state index in [1.54, 1.807) is 0 Å². The average Bonchev–Trinajstić information content (AvgIpc) is 3.63. The van der Waals surface area contributed by atoms with Gasteiger partial charge in [0.05, 0.1) is 11.1 Å². The molecule has 0 bridgehead atoms. The minimum absolute atomic E-state index is 0.398. The molecule has 0 atom stereocenters. The van der Waals surface area contributed by atoms with Crippen LogP contribution < -0.4 is 4.90 Å². The molecule has 0 saturated carbocycles. The van der Waals surface area contributed by atoms with E-state index < -0.39 is 5.41 Å². The van der Waals surface area contributed by atoms with Crippen molar-refractivity contribution in [3.05, 3.63) is 209 Å². The number of anilines is 3. The molecule has 49 heavy (non-hydrogen) atoms. The van der Waals surface area contributed by atoms with Crippen molar-refractivity contribution in [2.24, 2.45) is 0 Å². The summed E-state index contributed by atoms with van der Waals surface area (Å²) in [4.78, 5) is 2.44. The zero-order valence-corrected chi connectivity index (χ0v) is 28.2. The van der Waals surface area contributed by atoms with E-state index >= 15 is 0 Å². The average molecular weight is 689 g/mol. The van der Waals surface area contributed by atoms with Crippen LogP contribution in [0.1, 0.15) is 22.3 Å². The number of halogens is 1. The molecule has 8 aromatic carbocycles. The summed E-state index contributed by atoms with van der Waals surface area (Å²) in [5, 5.41) is 2.44. The third-order valence-electron chi connectivity index (χ3n) is 10.5. The van der Waals surface area contributed by atoms with Crippen molar-refractivity contribution in [2.45, 2.75) is 5.41 Å². The Morgan fingerprint density at radius 1 is 0.388 bits per heavy atom. The van der Waals surface area contributed by atoms with Gasteiger partial charge < -0.3 is 4.90 Å². The molecule has 1 spiro atoms. The highest BCUT2D eigenvalue weighted by atomic mass is 79.9. The van der Waals surface area contributed by atoms with E-state index in [1.165, 1.54) is 66.4 Å². The van der Waals surface area contributed by atoms with Crippen LogP contribution in [0.5, 0.6) is 0 Å². The molecule has 0 unspecified atom stereocenters. The molecule has 0 fully saturated rings. The maximum Gasteiger partial charge on any atom is 0.0726 e. The van der Waals surface area contributed by atoms with Crippen LogP contribution in [0.2, 0.25) is 0 Å². The normalized spacial score (nSPS) is 13.2. The monoisotopic (exact) mass is 687 g/mol. The molecule has 0 radical (unpaired) electrons. The van der Waals surface area contributed by atoms with Crippen LogP contribution in [0.3, 0.4) is 0 Å². The Morgan fingerprint density at radius 3 is 1.51 bits per heavy atom. The van der Waals surface area contributed by atoms with Gasteiger partial charge in [0.25, 0.3) is 0 Å². The van der Waals surface area contributed by atoms with Crippen LogP contribution in [0.4, 0.5) is 17.1 Å². The lowest BCUT2D eigenvalue weighted by molar-refractivity contribution is 0.793. The van der Waals surface area contributed by atoms with E-state index in [9.17, 15) is 0 Å². The molecule has 2 heteroatoms. The number of benzene rings is 8. The fraction of sp³-hybridized carbons (Fsp3) is 0.0213. The van der Waals surface area contributed by atoms with Crippen molar-refractivity contribution in [3.8, 4) is 33.4 Å². The molecule has 10 rings (SSSR count). The molecule has 0 amide bonds. The molecule has 1 nitrogen and oxygen atoms in total. The number of nitrogens with zero attached hydrogens (tertiary/aromatic N) is 1. The molecule has 0 saturated heterocycles. The minimum atomic E-state index is -0.398. The number of hydrogen-bond acceptors (Lipinski definition) is 1. The quantitative estimate of drug-likeness (QED) is 0.178. The molecular weight excluding hydrogens is 658 g/mol. The van der Waals surface area contributed by atoms with Gasteiger partial charge in [0.15, 0.2) is 0 Å². The van der Waals surface area contributed by atoms with Crippen LogP contribution in [0.25, 0.3) is 44.2 Å². The largest absolute Gasteiger partial charge is 0.310 e. The van der Waals surface area contributed by atoms with Crippen LogP contribution in [0, 0.1) is 0 Å². The molecule has 230 valence electrons. The first-order valence-corrected chi connectivity index (χ1v) is 17.6. The molecule has 0 aromatic heterocycles. The fourth-order valence-electron chi connectivity index (χ4n) is 8.50. The summed E-state index contributed by atoms with van der Waals surface area (Å²) in [5.41, 5.74) is 16.1. The van der Waals surface area contributed by atoms with Gasteiger partial charge in [-0.25, -0.2) is 0 Å². The fourth-order valence-corrected chi connectivity index (χ4v) is 8.76. The van der Waals surface area contributed by atoms with Crippen molar-refractivity contribution in [3.63, 3.8) is 0 Å². The lowest BCUT2D eigenvalue weighted by Crippen LogP contribution is -2.26. The van der Waals surface area contributed by atoms with Crippen molar-refractivity contribution in [2.75, 3.05) is 4.90 Å². The first-order chi connectivity index (χ1) is 24.2. The summed E-state index contributed by atoms with van der Waals surface area (Å²) < 4.78 is 1.08. The van der Waals surface area contributed by atoms with Crippen LogP contribution in [-0.2, 0) is 5.41 Å². The number of hydrogen-bond donors (Lipinski definition) is 0. The van der Waals surface area contributed by atoms with E-state index in [4.69, 9.17) is 0 Å². The Balaban J connectivity index is 1.23. The smallest absolute Gasteiger partial charge is 0.0726 e. The van der Waals surface area contributed by atoms with E-state index in [1.807, 2.05) is 0 Å². The molecule has 0 aliphatic heterocycles. The number of fused-ring (bicyclic) bond motifs is 11. The first kappa shape index (κ1) is 28.3. The highest BCUT2D eigenvalue weighted by molar-refractivity contribution is 9.10. The highest BCUT2D eigenvalue weighted by Gasteiger charge is 2.51. The summed E-state index contributed by atoms with van der Waals surface area (Å²) in [6, 6.07) is 67.1. The van der Waals surface area contributed by atoms with Gasteiger partial charge in [0.1, 0.15) is 0 Å². The van der Waals surface area contributed by atoms with Crippen molar-refractivity contribution >= 4 is 43.8 Å². The summed E-state index contributed by atoms with van der Waals surface area (Å²) in [6.45, 7) is 0. The molecular formula is C47H30BrN. The second-order valence-corrected chi connectivity index (χ2v) is 13.9. The maximum absolute atomic E-state index is 3.58. The Hall–Kier alpha value is -5.70. The van der Waals surface area contributed by atoms with E-state index in [0.29, 0.717) is 0 Å². The Labute approximate surface area is 294 Å². The zero-order valence-electron chi connectivity index (χ0n) is 26.6. The Kier molecular flexibility index (Phi) is 6.31. The standard InChI is InChI=1S/C47H30BrN/c48-34-24-20-31(21-25-34)32-22-26-35(27-23-32)49(46-19-9-11-33-10-1-2-12-37(33)46)36-28-29-41-40-15-5-8-18-44(40)47(45(41)30-36)42-16-6-3-13-38(42)39-14-4-7-17-43(39)47/h1-30H. The van der Waals surface area contributed by atoms with Gasteiger partial charge in [-0.15, -0.1) is 0 Å². The molecule has 0 N–H and O–H groups in total. The van der Waals surface area contributed by atoms with Crippen molar-refractivity contribution in [1.29, 1.82) is 0 Å². The van der Waals surface area contributed by atoms with Crippen molar-refractivity contribution < 1.29 is 0 Å². The van der Waals surface area contributed by atoms with Gasteiger partial charge in [-0.2, -0.15) is 0 Å². The molecule has 8 aromatic rings. The number of rotatable bonds is 4. The van der Waals surface area contributed by atoms with Gasteiger partial charge >= 0.3 is 0 Å². The minimum Gasteiger partial charge on any atom is -0.310 e. The van der Waals surface area contributed by atoms with E-state index in [0.717, 1.165) is 21.5 Å². The van der Waals surface area contributed by atoms with Crippen molar-refractivity contribution in [1.82, 2.24) is 0 Å². The van der Waals surface area contributed by atoms with Crippen LogP contribution in [-0.4, -0.2) is 0 Å². The van der Waals surface area contributed by atoms with E-state index in [-0.39, 0.29) is 0 Å². The Morgan fingerprint density at radius 2 is 0.878 bits per heavy atom. The SMILES string of the molecule is Brc1ccc(-c2ccc(N(c3ccc4c(c3)C3(c5ccccc5-c5ccccc53)c3ccccc3-4)c3cccc4ccccc34)cc2)cc1. The van der Waals surface area contributed by atoms with Gasteiger partial charge in [0, 0.05) is 21.2 Å². The lowest BCUT2D eigenvalue weighted by Gasteiger charge is -2.32. The zero-order chi connectivity index (χ0) is 32.5. The topological polar surface area (TPSA) is 3.24 Å². The van der Waals surface area contributed by atoms with Gasteiger partial charge in [-0.1, -0.05) is 155 Å². The first-order valence-electron chi connectivity index (χ1n) is 16.8. The van der Waals surface area contributed by atoms with E-state index in [2.05, 4.69) is 203 Å². The summed E-state index contributed by atoms with van der Waals surface area (Å²) in [7, 11) is 0. The predicted octanol–water partition coefficient (Wildman–Crippen LogP) is 13.1. The third kappa shape index (κ3) is 4.11. The van der Waals surface area contributed by atoms with Gasteiger partial charge in [-0.05, 0) is 103 Å². The summed E-state index contributed by atoms with van der Waals surface area (Å²) >= 11 is 3.58. The second kappa shape index (κ2) is 10.9. The maximum atomic E-state index is 3.58. The molecule has 2 aliphatic rings. The molecule has 2 aliphatic carbocycles. The Bertz CT molecular complexity index is 2490. The second-order valence-electron chi connectivity index (χ2n) is 13.0. The predicted molar refractivity (Wildman–Crippen MR) is 208 cm³/mol. The highest BCUT2D eigenvalue weighted by Crippen LogP contribution is 2.63. The molecule has 0 heterocycles. The van der Waals surface area contributed by atoms with Gasteiger partial charge in [-0.3, -0.25) is 0 Å². The lowest BCUT2D eigenvalue weighted by atomic mass is 9.70. The van der Waals surface area contributed by atoms with Crippen LogP contribution >= 0.6 is 15.9 Å². The summed E-state index contributed by atoms with van der Waals surface area (Å²) in [5.74, 6) is 0.